The Balaban J connectivity index is 0.000000280. The summed E-state index contributed by atoms with van der Waals surface area (Å²) in [5.74, 6) is 0. The highest BCUT2D eigenvalue weighted by Gasteiger charge is 2.08. The van der Waals surface area contributed by atoms with Gasteiger partial charge in [0.15, 0.2) is 5.65 Å². The molecule has 2 aromatic rings. The van der Waals surface area contributed by atoms with E-state index in [4.69, 9.17) is 10.2 Å². The van der Waals surface area contributed by atoms with E-state index in [0.29, 0.717) is 11.2 Å². The third-order valence-corrected chi connectivity index (χ3v) is 2.29. The summed E-state index contributed by atoms with van der Waals surface area (Å²) in [6.07, 6.45) is 0.834. The van der Waals surface area contributed by atoms with Gasteiger partial charge in [-0.25, -0.2) is 9.78 Å². The van der Waals surface area contributed by atoms with Crippen LogP contribution in [0, 0.1) is 0 Å². The lowest BCUT2D eigenvalue weighted by atomic mass is 10.5. The van der Waals surface area contributed by atoms with Crippen LogP contribution in [-0.2, 0) is 14.1 Å². The number of rotatable bonds is 1. The molecule has 1 unspecified atom stereocenters. The molecule has 8 heteroatoms. The fourth-order valence-corrected chi connectivity index (χ4v) is 1.27. The Bertz CT molecular complexity index is 637. The fourth-order valence-electron chi connectivity index (χ4n) is 1.27. The predicted molar refractivity (Wildman–Crippen MR) is 65.3 cm³/mol. The van der Waals surface area contributed by atoms with Crippen LogP contribution in [-0.4, -0.2) is 42.0 Å². The number of aryl methyl sites for hydroxylation is 1. The Morgan fingerprint density at radius 1 is 1.39 bits per heavy atom. The number of nitrogens with one attached hydrogen (secondary N) is 1. The molecule has 0 aliphatic rings. The fraction of sp³-hybridized carbons (Fsp3) is 0.500. The smallest absolute Gasteiger partial charge is 0.332 e. The van der Waals surface area contributed by atoms with Gasteiger partial charge in [0.05, 0.1) is 19.0 Å². The van der Waals surface area contributed by atoms with Crippen molar-refractivity contribution < 1.29 is 10.2 Å². The maximum absolute atomic E-state index is 11.4. The molecule has 18 heavy (non-hydrogen) atoms. The van der Waals surface area contributed by atoms with Gasteiger partial charge in [-0.05, 0) is 6.92 Å². The van der Waals surface area contributed by atoms with Crippen molar-refractivity contribution in [1.29, 1.82) is 0 Å². The average Bonchev–Trinajstić information content (AvgIpc) is 2.83. The van der Waals surface area contributed by atoms with Crippen LogP contribution in [0.5, 0.6) is 0 Å². The molecular weight excluding hydrogens is 240 g/mol. The minimum atomic E-state index is -0.560. The van der Waals surface area contributed by atoms with Crippen molar-refractivity contribution in [1.82, 2.24) is 19.1 Å². The molecule has 0 amide bonds. The van der Waals surface area contributed by atoms with Crippen LogP contribution < -0.4 is 11.2 Å². The third kappa shape index (κ3) is 2.66. The molecule has 2 rings (SSSR count). The van der Waals surface area contributed by atoms with Gasteiger partial charge < -0.3 is 15.2 Å². The molecule has 0 fully saturated rings. The lowest BCUT2D eigenvalue weighted by Crippen LogP contribution is -2.36. The second kappa shape index (κ2) is 5.61. The van der Waals surface area contributed by atoms with Gasteiger partial charge in [-0.3, -0.25) is 13.9 Å². The van der Waals surface area contributed by atoms with Gasteiger partial charge in [-0.1, -0.05) is 0 Å². The normalized spacial score (nSPS) is 12.1. The Labute approximate surface area is 102 Å². The SMILES string of the molecule is CC(O)CO.Cn1c(=O)c2[nH]cnc2n(C)c1=O. The highest BCUT2D eigenvalue weighted by atomic mass is 16.3. The minimum absolute atomic E-state index is 0.139. The van der Waals surface area contributed by atoms with Crippen molar-refractivity contribution in [2.24, 2.45) is 14.1 Å². The topological polar surface area (TPSA) is 113 Å². The van der Waals surface area contributed by atoms with Gasteiger partial charge in [-0.2, -0.15) is 0 Å². The molecule has 0 spiro atoms. The molecule has 1 atom stereocenters. The summed E-state index contributed by atoms with van der Waals surface area (Å²) in [6, 6.07) is 0. The molecule has 0 aliphatic heterocycles. The number of aromatic nitrogens is 4. The first-order valence-electron chi connectivity index (χ1n) is 5.28. The maximum atomic E-state index is 11.4. The van der Waals surface area contributed by atoms with Gasteiger partial charge in [0, 0.05) is 14.1 Å². The minimum Gasteiger partial charge on any atom is -0.394 e. The standard InChI is InChI=1S/C7H8N4O2.C3H8O2/c1-10-5-4(8-3-9-5)6(12)11(2)7(10)13;1-3(5)2-4/h3H,1-2H3,(H,8,9);3-5H,2H2,1H3. The maximum Gasteiger partial charge on any atom is 0.332 e. The summed E-state index contributed by atoms with van der Waals surface area (Å²) in [4.78, 5) is 29.4. The number of hydrogen-bond acceptors (Lipinski definition) is 5. The van der Waals surface area contributed by atoms with Crippen molar-refractivity contribution in [3.8, 4) is 0 Å². The van der Waals surface area contributed by atoms with Crippen LogP contribution in [0.4, 0.5) is 0 Å². The Morgan fingerprint density at radius 3 is 2.44 bits per heavy atom. The van der Waals surface area contributed by atoms with E-state index in [-0.39, 0.29) is 17.9 Å². The van der Waals surface area contributed by atoms with Crippen LogP contribution in [0.3, 0.4) is 0 Å². The number of nitrogens with zero attached hydrogens (tertiary/aromatic N) is 3. The van der Waals surface area contributed by atoms with Crippen LogP contribution in [0.15, 0.2) is 15.9 Å². The van der Waals surface area contributed by atoms with Crippen LogP contribution in [0.1, 0.15) is 6.92 Å². The predicted octanol–water partition coefficient (Wildman–Crippen LogP) is -1.68. The molecule has 0 saturated carbocycles. The third-order valence-electron chi connectivity index (χ3n) is 2.29. The molecule has 0 saturated heterocycles. The molecule has 100 valence electrons. The Kier molecular flexibility index (Phi) is 4.40. The number of H-pyrrole nitrogens is 1. The zero-order chi connectivity index (χ0) is 13.9. The average molecular weight is 256 g/mol. The lowest BCUT2D eigenvalue weighted by Gasteiger charge is -2.00. The van der Waals surface area contributed by atoms with Crippen LogP contribution in [0.2, 0.25) is 0 Å². The first-order chi connectivity index (χ1) is 8.40. The van der Waals surface area contributed by atoms with Crippen molar-refractivity contribution in [2.75, 3.05) is 6.61 Å². The van der Waals surface area contributed by atoms with Crippen molar-refractivity contribution in [3.63, 3.8) is 0 Å². The number of aliphatic hydroxyl groups is 2. The lowest BCUT2D eigenvalue weighted by molar-refractivity contribution is 0.110. The molecule has 0 bridgehead atoms. The zero-order valence-corrected chi connectivity index (χ0v) is 10.4. The van der Waals surface area contributed by atoms with E-state index in [2.05, 4.69) is 9.97 Å². The summed E-state index contributed by atoms with van der Waals surface area (Å²) in [5.41, 5.74) is 0.0119. The second-order valence-corrected chi connectivity index (χ2v) is 3.84. The molecule has 8 nitrogen and oxygen atoms in total. The number of aliphatic hydroxyl groups excluding tert-OH is 2. The van der Waals surface area contributed by atoms with Gasteiger partial charge in [0.2, 0.25) is 0 Å². The van der Waals surface area contributed by atoms with E-state index in [0.717, 1.165) is 4.57 Å². The highest BCUT2D eigenvalue weighted by Crippen LogP contribution is 1.97. The van der Waals surface area contributed by atoms with Gasteiger partial charge in [0.1, 0.15) is 5.52 Å². The van der Waals surface area contributed by atoms with Gasteiger partial charge >= 0.3 is 5.69 Å². The van der Waals surface area contributed by atoms with Crippen LogP contribution in [0.25, 0.3) is 11.2 Å². The second-order valence-electron chi connectivity index (χ2n) is 3.84. The quantitative estimate of drug-likeness (QED) is 0.564. The number of hydrogen-bond donors (Lipinski definition) is 3. The molecule has 2 heterocycles. The number of fused-ring (bicyclic) bond motifs is 1. The Morgan fingerprint density at radius 2 is 1.94 bits per heavy atom. The van der Waals surface area contributed by atoms with Gasteiger partial charge in [0.25, 0.3) is 5.56 Å². The Hall–Kier alpha value is -1.93. The van der Waals surface area contributed by atoms with Crippen molar-refractivity contribution >= 4 is 11.2 Å². The summed E-state index contributed by atoms with van der Waals surface area (Å²) in [7, 11) is 3.01. The summed E-state index contributed by atoms with van der Waals surface area (Å²) in [5, 5.41) is 16.0. The molecule has 0 aromatic carbocycles. The molecule has 0 radical (unpaired) electrons. The van der Waals surface area contributed by atoms with E-state index in [1.54, 1.807) is 7.05 Å². The van der Waals surface area contributed by atoms with E-state index in [9.17, 15) is 9.59 Å². The summed E-state index contributed by atoms with van der Waals surface area (Å²) in [6.45, 7) is 1.39. The molecular formula is C10H16N4O4. The molecule has 0 aliphatic carbocycles. The highest BCUT2D eigenvalue weighted by molar-refractivity contribution is 5.68. The number of imidazole rings is 1. The van der Waals surface area contributed by atoms with Crippen molar-refractivity contribution in [2.45, 2.75) is 13.0 Å². The van der Waals surface area contributed by atoms with E-state index in [1.807, 2.05) is 0 Å². The van der Waals surface area contributed by atoms with E-state index in [1.165, 1.54) is 24.9 Å². The monoisotopic (exact) mass is 256 g/mol. The van der Waals surface area contributed by atoms with E-state index < -0.39 is 6.10 Å². The zero-order valence-electron chi connectivity index (χ0n) is 10.4. The van der Waals surface area contributed by atoms with Crippen molar-refractivity contribution in [3.05, 3.63) is 27.2 Å². The van der Waals surface area contributed by atoms with E-state index >= 15 is 0 Å². The molecule has 2 aromatic heterocycles. The van der Waals surface area contributed by atoms with Gasteiger partial charge in [-0.15, -0.1) is 0 Å². The number of aromatic amines is 1. The summed E-state index contributed by atoms with van der Waals surface area (Å²) >= 11 is 0. The summed E-state index contributed by atoms with van der Waals surface area (Å²) < 4.78 is 2.37. The molecule has 3 N–H and O–H groups in total. The van der Waals surface area contributed by atoms with Crippen LogP contribution >= 0.6 is 0 Å². The largest absolute Gasteiger partial charge is 0.394 e. The first-order valence-corrected chi connectivity index (χ1v) is 5.28. The first kappa shape index (κ1) is 14.1.